The highest BCUT2D eigenvalue weighted by atomic mass is 19.1. The number of carbonyl (C=O) groups is 2. The zero-order chi connectivity index (χ0) is 25.9. The Morgan fingerprint density at radius 1 is 1.22 bits per heavy atom. The van der Waals surface area contributed by atoms with Gasteiger partial charge in [0.25, 0.3) is 0 Å². The van der Waals surface area contributed by atoms with Crippen molar-refractivity contribution in [3.8, 4) is 17.6 Å². The number of amides is 2. The summed E-state index contributed by atoms with van der Waals surface area (Å²) in [5.74, 6) is 0.417. The molecule has 0 bridgehead atoms. The van der Waals surface area contributed by atoms with Crippen molar-refractivity contribution in [1.82, 2.24) is 15.5 Å². The fourth-order valence-corrected chi connectivity index (χ4v) is 4.00. The molecule has 1 fully saturated rings. The largest absolute Gasteiger partial charge is 0.496 e. The number of rotatable bonds is 10. The van der Waals surface area contributed by atoms with Crippen molar-refractivity contribution in [2.45, 2.75) is 31.9 Å². The van der Waals surface area contributed by atoms with Crippen LogP contribution in [0.5, 0.6) is 11.5 Å². The van der Waals surface area contributed by atoms with Crippen molar-refractivity contribution in [2.75, 3.05) is 33.3 Å². The number of benzene rings is 2. The fraction of sp³-hybridized carbons (Fsp3) is 0.370. The number of hydrogen-bond donors (Lipinski definition) is 2. The Morgan fingerprint density at radius 3 is 2.58 bits per heavy atom. The molecule has 1 atom stereocenters. The van der Waals surface area contributed by atoms with Crippen LogP contribution in [0.4, 0.5) is 4.39 Å². The van der Waals surface area contributed by atoms with Crippen LogP contribution in [0.2, 0.25) is 0 Å². The van der Waals surface area contributed by atoms with E-state index in [1.54, 1.807) is 36.4 Å². The van der Waals surface area contributed by atoms with Crippen molar-refractivity contribution < 1.29 is 23.5 Å². The van der Waals surface area contributed by atoms with Crippen LogP contribution < -0.4 is 20.1 Å². The molecule has 0 aliphatic carbocycles. The Hall–Kier alpha value is -3.90. The smallest absolute Gasteiger partial charge is 0.244 e. The van der Waals surface area contributed by atoms with E-state index < -0.39 is 0 Å². The minimum Gasteiger partial charge on any atom is -0.496 e. The van der Waals surface area contributed by atoms with Gasteiger partial charge in [0.1, 0.15) is 23.4 Å². The molecule has 9 heteroatoms. The molecule has 190 valence electrons. The topological polar surface area (TPSA) is 104 Å². The molecule has 1 heterocycles. The molecule has 1 aliphatic heterocycles. The van der Waals surface area contributed by atoms with E-state index >= 15 is 0 Å². The van der Waals surface area contributed by atoms with Gasteiger partial charge in [0.05, 0.1) is 24.8 Å². The number of piperidine rings is 1. The van der Waals surface area contributed by atoms with E-state index in [1.807, 2.05) is 0 Å². The third-order valence-electron chi connectivity index (χ3n) is 5.85. The van der Waals surface area contributed by atoms with Crippen LogP contribution in [0.1, 0.15) is 30.9 Å². The number of ether oxygens (including phenoxy) is 2. The maximum absolute atomic E-state index is 13.1. The van der Waals surface area contributed by atoms with E-state index in [0.717, 1.165) is 25.9 Å². The second-order valence-electron chi connectivity index (χ2n) is 8.62. The van der Waals surface area contributed by atoms with Gasteiger partial charge >= 0.3 is 0 Å². The molecule has 2 aromatic rings. The second-order valence-corrected chi connectivity index (χ2v) is 8.62. The fourth-order valence-electron chi connectivity index (χ4n) is 4.00. The highest BCUT2D eigenvalue weighted by Gasteiger charge is 2.23. The van der Waals surface area contributed by atoms with Gasteiger partial charge in [0, 0.05) is 44.7 Å². The number of carbonyl (C=O) groups excluding carboxylic acids is 2. The number of methoxy groups -OCH3 is 1. The van der Waals surface area contributed by atoms with Gasteiger partial charge in [-0.1, -0.05) is 0 Å². The lowest BCUT2D eigenvalue weighted by molar-refractivity contribution is -0.120. The summed E-state index contributed by atoms with van der Waals surface area (Å²) < 4.78 is 24.4. The lowest BCUT2D eigenvalue weighted by Gasteiger charge is -2.34. The van der Waals surface area contributed by atoms with Gasteiger partial charge in [-0.3, -0.25) is 9.59 Å². The summed E-state index contributed by atoms with van der Waals surface area (Å²) in [7, 11) is 1.52. The third kappa shape index (κ3) is 8.40. The van der Waals surface area contributed by atoms with Crippen molar-refractivity contribution in [2.24, 2.45) is 0 Å². The van der Waals surface area contributed by atoms with Crippen LogP contribution in [-0.4, -0.2) is 62.1 Å². The molecular formula is C27H31FN4O4. The zero-order valence-corrected chi connectivity index (χ0v) is 20.5. The summed E-state index contributed by atoms with van der Waals surface area (Å²) in [5, 5.41) is 14.9. The van der Waals surface area contributed by atoms with Crippen LogP contribution in [0.25, 0.3) is 6.08 Å². The van der Waals surface area contributed by atoms with Crippen molar-refractivity contribution in [3.05, 3.63) is 65.5 Å². The number of hydrogen-bond acceptors (Lipinski definition) is 6. The molecule has 8 nitrogen and oxygen atoms in total. The van der Waals surface area contributed by atoms with Crippen LogP contribution in [0.15, 0.2) is 48.5 Å². The van der Waals surface area contributed by atoms with E-state index in [1.165, 1.54) is 32.2 Å². The molecule has 0 aromatic heterocycles. The number of halogens is 1. The maximum Gasteiger partial charge on any atom is 0.244 e. The van der Waals surface area contributed by atoms with Gasteiger partial charge in [0.15, 0.2) is 0 Å². The van der Waals surface area contributed by atoms with E-state index in [2.05, 4.69) is 21.6 Å². The molecule has 2 aromatic carbocycles. The highest BCUT2D eigenvalue weighted by molar-refractivity contribution is 5.92. The molecule has 0 unspecified atom stereocenters. The van der Waals surface area contributed by atoms with Crippen LogP contribution >= 0.6 is 0 Å². The van der Waals surface area contributed by atoms with E-state index in [-0.39, 0.29) is 29.8 Å². The van der Waals surface area contributed by atoms with Crippen LogP contribution in [0.3, 0.4) is 0 Å². The first-order valence-electron chi connectivity index (χ1n) is 11.8. The summed E-state index contributed by atoms with van der Waals surface area (Å²) in [6.45, 7) is 3.84. The van der Waals surface area contributed by atoms with Gasteiger partial charge in [-0.15, -0.1) is 0 Å². The molecule has 2 amide bonds. The molecule has 3 rings (SSSR count). The lowest BCUT2D eigenvalue weighted by Crippen LogP contribution is -2.51. The predicted octanol–water partition coefficient (Wildman–Crippen LogP) is 2.88. The van der Waals surface area contributed by atoms with Crippen molar-refractivity contribution >= 4 is 17.9 Å². The van der Waals surface area contributed by atoms with Crippen molar-refractivity contribution in [3.63, 3.8) is 0 Å². The van der Waals surface area contributed by atoms with Gasteiger partial charge < -0.3 is 25.0 Å². The van der Waals surface area contributed by atoms with Crippen molar-refractivity contribution in [1.29, 1.82) is 5.26 Å². The van der Waals surface area contributed by atoms with Gasteiger partial charge in [-0.25, -0.2) is 4.39 Å². The average molecular weight is 495 g/mol. The Morgan fingerprint density at radius 2 is 1.94 bits per heavy atom. The summed E-state index contributed by atoms with van der Waals surface area (Å²) in [6.07, 6.45) is 4.63. The number of nitrogens with one attached hydrogen (secondary N) is 2. The molecule has 36 heavy (non-hydrogen) atoms. The Labute approximate surface area is 210 Å². The minimum absolute atomic E-state index is 0.0391. The molecule has 0 saturated carbocycles. The number of nitrogens with zero attached hydrogens (tertiary/aromatic N) is 2. The second kappa shape index (κ2) is 13.3. The average Bonchev–Trinajstić information content (AvgIpc) is 2.88. The third-order valence-corrected chi connectivity index (χ3v) is 5.85. The minimum atomic E-state index is -0.315. The first-order chi connectivity index (χ1) is 17.4. The summed E-state index contributed by atoms with van der Waals surface area (Å²) in [4.78, 5) is 26.4. The molecule has 1 aliphatic rings. The normalized spacial score (nSPS) is 15.2. The predicted molar refractivity (Wildman–Crippen MR) is 134 cm³/mol. The maximum atomic E-state index is 13.1. The molecule has 1 saturated heterocycles. The zero-order valence-electron chi connectivity index (χ0n) is 20.5. The van der Waals surface area contributed by atoms with Crippen LogP contribution in [0, 0.1) is 17.1 Å². The first kappa shape index (κ1) is 26.7. The Bertz CT molecular complexity index is 1110. The van der Waals surface area contributed by atoms with Crippen LogP contribution in [-0.2, 0) is 9.59 Å². The SMILES string of the molecule is COc1ccc(C#N)cc1C=CC(=O)N[C@H](CNC(C)=O)CN1CCC(Oc2ccc(F)cc2)CC1. The molecule has 0 spiro atoms. The lowest BCUT2D eigenvalue weighted by atomic mass is 10.1. The number of nitriles is 1. The quantitative estimate of drug-likeness (QED) is 0.493. The summed E-state index contributed by atoms with van der Waals surface area (Å²) >= 11 is 0. The van der Waals surface area contributed by atoms with E-state index in [0.29, 0.717) is 35.7 Å². The summed E-state index contributed by atoms with van der Waals surface area (Å²) in [5.41, 5.74) is 1.08. The van der Waals surface area contributed by atoms with Gasteiger partial charge in [0.2, 0.25) is 11.8 Å². The first-order valence-corrected chi connectivity index (χ1v) is 11.8. The van der Waals surface area contributed by atoms with Gasteiger partial charge in [-0.05, 0) is 61.4 Å². The summed E-state index contributed by atoms with van der Waals surface area (Å²) in [6, 6.07) is 12.8. The standard InChI is InChI=1S/C27H31FN4O4/c1-19(33)30-17-23(31-27(34)10-4-21-15-20(16-29)3-9-26(21)35-2)18-32-13-11-25(12-14-32)36-24-7-5-22(28)6-8-24/h3-10,15,23,25H,11-14,17-18H2,1-2H3,(H,30,33)(H,31,34)/t23-/m1/s1. The molecular weight excluding hydrogens is 463 g/mol. The highest BCUT2D eigenvalue weighted by Crippen LogP contribution is 2.21. The molecule has 0 radical (unpaired) electrons. The van der Waals surface area contributed by atoms with E-state index in [9.17, 15) is 14.0 Å². The van der Waals surface area contributed by atoms with E-state index in [4.69, 9.17) is 14.7 Å². The monoisotopic (exact) mass is 494 g/mol. The number of likely N-dealkylation sites (tertiary alicyclic amines) is 1. The van der Waals surface area contributed by atoms with Gasteiger partial charge in [-0.2, -0.15) is 5.26 Å². The molecule has 2 N–H and O–H groups in total. The Kier molecular flexibility index (Phi) is 9.83. The Balaban J connectivity index is 1.55.